The number of carbonyl (C=O) groups excluding carboxylic acids is 2. The van der Waals surface area contributed by atoms with E-state index >= 15 is 0 Å². The average Bonchev–Trinajstić information content (AvgIpc) is 3.01. The van der Waals surface area contributed by atoms with Crippen LogP contribution in [0.15, 0.2) is 48.7 Å². The second-order valence-corrected chi connectivity index (χ2v) is 5.60. The van der Waals surface area contributed by atoms with Gasteiger partial charge in [0.15, 0.2) is 0 Å². The van der Waals surface area contributed by atoms with Crippen LogP contribution in [-0.2, 0) is 23.1 Å². The van der Waals surface area contributed by atoms with Crippen molar-refractivity contribution >= 4 is 11.8 Å². The van der Waals surface area contributed by atoms with Crippen LogP contribution in [0.5, 0.6) is 0 Å². The molecule has 6 nitrogen and oxygen atoms in total. The second kappa shape index (κ2) is 8.88. The third-order valence-corrected chi connectivity index (χ3v) is 3.78. The minimum atomic E-state index is -0.679. The number of aliphatic hydroxyl groups is 1. The van der Waals surface area contributed by atoms with Crippen molar-refractivity contribution in [3.8, 4) is 0 Å². The Labute approximate surface area is 141 Å². The highest BCUT2D eigenvalue weighted by Crippen LogP contribution is 2.15. The number of aliphatic hydroxyl groups excluding tert-OH is 1. The zero-order chi connectivity index (χ0) is 17.4. The van der Waals surface area contributed by atoms with E-state index < -0.39 is 17.9 Å². The lowest BCUT2D eigenvalue weighted by atomic mass is 10.1. The first-order valence-electron chi connectivity index (χ1n) is 7.97. The van der Waals surface area contributed by atoms with Gasteiger partial charge in [-0.1, -0.05) is 30.3 Å². The fourth-order valence-corrected chi connectivity index (χ4v) is 2.42. The summed E-state index contributed by atoms with van der Waals surface area (Å²) in [5.41, 5.74) is 1.88. The highest BCUT2D eigenvalue weighted by molar-refractivity contribution is 6.35. The van der Waals surface area contributed by atoms with Gasteiger partial charge in [0.25, 0.3) is 0 Å². The summed E-state index contributed by atoms with van der Waals surface area (Å²) in [6.45, 7) is 0.638. The molecule has 128 valence electrons. The molecule has 0 unspecified atom stereocenters. The fraction of sp³-hybridized carbons (Fsp3) is 0.333. The molecule has 0 radical (unpaired) electrons. The summed E-state index contributed by atoms with van der Waals surface area (Å²) in [7, 11) is 1.84. The average molecular weight is 329 g/mol. The third-order valence-electron chi connectivity index (χ3n) is 3.78. The van der Waals surface area contributed by atoms with Crippen LogP contribution in [0.1, 0.15) is 23.8 Å². The van der Waals surface area contributed by atoms with E-state index in [0.717, 1.165) is 11.3 Å². The Morgan fingerprint density at radius 1 is 1.04 bits per heavy atom. The van der Waals surface area contributed by atoms with Crippen molar-refractivity contribution in [3.63, 3.8) is 0 Å². The minimum Gasteiger partial charge on any atom is -0.387 e. The Morgan fingerprint density at radius 2 is 1.71 bits per heavy atom. The van der Waals surface area contributed by atoms with Crippen molar-refractivity contribution in [1.82, 2.24) is 15.2 Å². The number of amides is 2. The second-order valence-electron chi connectivity index (χ2n) is 5.60. The first kappa shape index (κ1) is 17.7. The number of nitrogens with zero attached hydrogens (tertiary/aromatic N) is 1. The highest BCUT2D eigenvalue weighted by Gasteiger charge is 2.14. The Morgan fingerprint density at radius 3 is 2.33 bits per heavy atom. The van der Waals surface area contributed by atoms with Gasteiger partial charge >= 0.3 is 11.8 Å². The number of nitrogens with one attached hydrogen (secondary N) is 2. The number of benzene rings is 1. The van der Waals surface area contributed by atoms with Crippen LogP contribution in [0.2, 0.25) is 0 Å². The van der Waals surface area contributed by atoms with Gasteiger partial charge in [-0.3, -0.25) is 9.59 Å². The standard InChI is InChI=1S/C18H23N3O3/c1-21-13-5-8-15(21)16(22)10-12-20-18(24)17(23)19-11-9-14-6-3-2-4-7-14/h2-8,13,16,22H,9-12H2,1H3,(H,19,23)(H,20,24)/t16-/m1/s1. The predicted octanol–water partition coefficient (Wildman–Crippen LogP) is 0.924. The van der Waals surface area contributed by atoms with Crippen LogP contribution in [0.25, 0.3) is 0 Å². The smallest absolute Gasteiger partial charge is 0.309 e. The Hall–Kier alpha value is -2.60. The van der Waals surface area contributed by atoms with Gasteiger partial charge in [-0.15, -0.1) is 0 Å². The molecule has 2 rings (SSSR count). The van der Waals surface area contributed by atoms with Crippen LogP contribution >= 0.6 is 0 Å². The summed E-state index contributed by atoms with van der Waals surface area (Å²) in [6, 6.07) is 13.4. The van der Waals surface area contributed by atoms with E-state index in [4.69, 9.17) is 0 Å². The molecule has 1 atom stereocenters. The van der Waals surface area contributed by atoms with Gasteiger partial charge in [-0.05, 0) is 30.5 Å². The molecule has 0 saturated carbocycles. The molecule has 3 N–H and O–H groups in total. The molecule has 1 aromatic carbocycles. The highest BCUT2D eigenvalue weighted by atomic mass is 16.3. The molecule has 0 aliphatic heterocycles. The van der Waals surface area contributed by atoms with E-state index in [-0.39, 0.29) is 6.54 Å². The molecule has 0 bridgehead atoms. The molecule has 0 spiro atoms. The van der Waals surface area contributed by atoms with Crippen molar-refractivity contribution in [1.29, 1.82) is 0 Å². The molecule has 0 aliphatic rings. The lowest BCUT2D eigenvalue weighted by Crippen LogP contribution is -2.41. The topological polar surface area (TPSA) is 83.4 Å². The molecule has 24 heavy (non-hydrogen) atoms. The number of aryl methyl sites for hydroxylation is 1. The van der Waals surface area contributed by atoms with Gasteiger partial charge in [0, 0.05) is 32.0 Å². The largest absolute Gasteiger partial charge is 0.387 e. The number of hydrogen-bond donors (Lipinski definition) is 3. The summed E-state index contributed by atoms with van der Waals surface area (Å²) in [6.07, 6.45) is 2.19. The summed E-state index contributed by atoms with van der Waals surface area (Å²) in [5, 5.41) is 15.1. The SMILES string of the molecule is Cn1cccc1[C@H](O)CCNC(=O)C(=O)NCCc1ccccc1. The summed E-state index contributed by atoms with van der Waals surface area (Å²) < 4.78 is 1.82. The number of rotatable bonds is 7. The molecule has 0 fully saturated rings. The maximum atomic E-state index is 11.7. The molecule has 0 saturated heterocycles. The first-order valence-corrected chi connectivity index (χ1v) is 7.97. The Balaban J connectivity index is 1.65. The third kappa shape index (κ3) is 5.24. The fourth-order valence-electron chi connectivity index (χ4n) is 2.42. The lowest BCUT2D eigenvalue weighted by molar-refractivity contribution is -0.139. The van der Waals surface area contributed by atoms with Gasteiger partial charge < -0.3 is 20.3 Å². The van der Waals surface area contributed by atoms with E-state index in [9.17, 15) is 14.7 Å². The van der Waals surface area contributed by atoms with Gasteiger partial charge in [-0.25, -0.2) is 0 Å². The van der Waals surface area contributed by atoms with Crippen molar-refractivity contribution in [2.45, 2.75) is 18.9 Å². The van der Waals surface area contributed by atoms with Crippen molar-refractivity contribution in [2.75, 3.05) is 13.1 Å². The number of carbonyl (C=O) groups is 2. The lowest BCUT2D eigenvalue weighted by Gasteiger charge is -2.12. The zero-order valence-electron chi connectivity index (χ0n) is 13.7. The minimum absolute atomic E-state index is 0.233. The molecule has 0 aliphatic carbocycles. The summed E-state index contributed by atoms with van der Waals surface area (Å²) in [4.78, 5) is 23.4. The van der Waals surface area contributed by atoms with E-state index in [1.54, 1.807) is 0 Å². The Kier molecular flexibility index (Phi) is 6.57. The molecule has 1 aromatic heterocycles. The summed E-state index contributed by atoms with van der Waals surface area (Å²) in [5.74, 6) is -1.33. The van der Waals surface area contributed by atoms with E-state index in [1.807, 2.05) is 60.3 Å². The quantitative estimate of drug-likeness (QED) is 0.661. The van der Waals surface area contributed by atoms with Gasteiger partial charge in [0.05, 0.1) is 6.10 Å². The monoisotopic (exact) mass is 329 g/mol. The van der Waals surface area contributed by atoms with Crippen LogP contribution in [0.3, 0.4) is 0 Å². The summed E-state index contributed by atoms with van der Waals surface area (Å²) >= 11 is 0. The Bertz CT molecular complexity index is 667. The molecular formula is C18H23N3O3. The number of hydrogen-bond acceptors (Lipinski definition) is 3. The van der Waals surface area contributed by atoms with Crippen molar-refractivity contribution in [2.24, 2.45) is 7.05 Å². The van der Waals surface area contributed by atoms with Crippen molar-refractivity contribution < 1.29 is 14.7 Å². The van der Waals surface area contributed by atoms with Crippen LogP contribution in [-0.4, -0.2) is 34.6 Å². The maximum absolute atomic E-state index is 11.7. The van der Waals surface area contributed by atoms with E-state index in [0.29, 0.717) is 19.4 Å². The molecule has 1 heterocycles. The maximum Gasteiger partial charge on any atom is 0.309 e. The van der Waals surface area contributed by atoms with E-state index in [1.165, 1.54) is 0 Å². The van der Waals surface area contributed by atoms with Gasteiger partial charge in [0.2, 0.25) is 0 Å². The number of aromatic nitrogens is 1. The van der Waals surface area contributed by atoms with Gasteiger partial charge in [-0.2, -0.15) is 0 Å². The van der Waals surface area contributed by atoms with E-state index in [2.05, 4.69) is 10.6 Å². The van der Waals surface area contributed by atoms with Crippen LogP contribution in [0, 0.1) is 0 Å². The van der Waals surface area contributed by atoms with Crippen LogP contribution < -0.4 is 10.6 Å². The zero-order valence-corrected chi connectivity index (χ0v) is 13.7. The predicted molar refractivity (Wildman–Crippen MR) is 91.2 cm³/mol. The molecule has 2 amide bonds. The molecule has 2 aromatic rings. The van der Waals surface area contributed by atoms with Crippen LogP contribution in [0.4, 0.5) is 0 Å². The molecule has 6 heteroatoms. The van der Waals surface area contributed by atoms with Crippen molar-refractivity contribution in [3.05, 3.63) is 59.9 Å². The normalized spacial score (nSPS) is 11.8. The molecular weight excluding hydrogens is 306 g/mol. The first-order chi connectivity index (χ1) is 11.6. The van der Waals surface area contributed by atoms with Gasteiger partial charge in [0.1, 0.15) is 0 Å².